The van der Waals surface area contributed by atoms with Crippen LogP contribution < -0.4 is 0 Å². The Balaban J connectivity index is 1.66. The van der Waals surface area contributed by atoms with Gasteiger partial charge in [0.25, 0.3) is 0 Å². The van der Waals surface area contributed by atoms with Crippen LogP contribution >= 0.6 is 0 Å². The first-order valence-corrected chi connectivity index (χ1v) is 12.8. The fourth-order valence-corrected chi connectivity index (χ4v) is 7.74. The Morgan fingerprint density at radius 2 is 1.76 bits per heavy atom. The van der Waals surface area contributed by atoms with E-state index in [9.17, 15) is 23.1 Å². The summed E-state index contributed by atoms with van der Waals surface area (Å²) in [6, 6.07) is 7.34. The fourth-order valence-electron chi connectivity index (χ4n) is 7.74. The number of aliphatic hydroxyl groups is 2. The lowest BCUT2D eigenvalue weighted by molar-refractivity contribution is -0.362. The van der Waals surface area contributed by atoms with Gasteiger partial charge in [-0.3, -0.25) is 4.79 Å². The molecule has 0 heterocycles. The van der Waals surface area contributed by atoms with E-state index in [4.69, 9.17) is 5.11 Å². The predicted octanol–water partition coefficient (Wildman–Crippen LogP) is 6.52. The monoisotopic (exact) mass is 522 g/mol. The Labute approximate surface area is 212 Å². The first-order chi connectivity index (χ1) is 17.3. The number of carbonyl (C=O) groups is 1. The Hall–Kier alpha value is -2.32. The maximum absolute atomic E-state index is 15.0. The van der Waals surface area contributed by atoms with Crippen molar-refractivity contribution < 1.29 is 37.0 Å². The molecule has 5 atom stereocenters. The van der Waals surface area contributed by atoms with Crippen molar-refractivity contribution in [3.63, 3.8) is 0 Å². The van der Waals surface area contributed by atoms with Gasteiger partial charge < -0.3 is 10.2 Å². The molecule has 2 fully saturated rings. The standard InChI is InChI=1S/C29H31F5O3/c1-26-16-23(18-6-4-17(5-7-18)3-2-14-35)25-21-11-9-20(36)15-19(21)8-10-22(25)24(26)12-13-27(26,37)28(30,31)29(32,33)34/h2-7,15,22-24,35,37H,8-14,16H2,1H3/t22-,23+,24-,26-,27-/m0/s1. The second kappa shape index (κ2) is 8.87. The van der Waals surface area contributed by atoms with Gasteiger partial charge >= 0.3 is 12.1 Å². The van der Waals surface area contributed by atoms with Crippen molar-refractivity contribution in [2.75, 3.05) is 6.61 Å². The molecule has 0 aromatic heterocycles. The number of aliphatic hydroxyl groups excluding tert-OH is 1. The molecule has 5 rings (SSSR count). The third-order valence-corrected chi connectivity index (χ3v) is 9.52. The summed E-state index contributed by atoms with van der Waals surface area (Å²) < 4.78 is 70.9. The maximum atomic E-state index is 15.0. The molecule has 0 aliphatic heterocycles. The van der Waals surface area contributed by atoms with Crippen LogP contribution in [0.4, 0.5) is 22.0 Å². The largest absolute Gasteiger partial charge is 0.456 e. The SMILES string of the molecule is C[C@]12C[C@H](c3ccc(C=CCO)cc3)C3=C4CCC(=O)C=C4CC[C@H]3[C@@H]1CC[C@@]2(O)C(F)(F)C(F)(F)F. The minimum Gasteiger partial charge on any atom is -0.392 e. The van der Waals surface area contributed by atoms with Gasteiger partial charge in [0.15, 0.2) is 5.78 Å². The summed E-state index contributed by atoms with van der Waals surface area (Å²) in [4.78, 5) is 12.1. The van der Waals surface area contributed by atoms with Crippen molar-refractivity contribution in [3.8, 4) is 0 Å². The number of ketones is 1. The molecule has 4 aliphatic rings. The number of halogens is 5. The van der Waals surface area contributed by atoms with Crippen molar-refractivity contribution in [2.45, 2.75) is 75.5 Å². The van der Waals surface area contributed by atoms with Gasteiger partial charge in [0.05, 0.1) is 6.61 Å². The van der Waals surface area contributed by atoms with E-state index in [0.717, 1.165) is 27.8 Å². The van der Waals surface area contributed by atoms with E-state index >= 15 is 8.78 Å². The summed E-state index contributed by atoms with van der Waals surface area (Å²) >= 11 is 0. The Morgan fingerprint density at radius 1 is 1.05 bits per heavy atom. The molecule has 0 saturated heterocycles. The Bertz CT molecular complexity index is 1180. The molecule has 3 nitrogen and oxygen atoms in total. The van der Waals surface area contributed by atoms with E-state index in [2.05, 4.69) is 0 Å². The summed E-state index contributed by atoms with van der Waals surface area (Å²) in [5.74, 6) is -6.40. The van der Waals surface area contributed by atoms with Crippen LogP contribution in [-0.2, 0) is 4.79 Å². The van der Waals surface area contributed by atoms with Crippen LogP contribution in [0, 0.1) is 17.3 Å². The minimum absolute atomic E-state index is 0.0395. The van der Waals surface area contributed by atoms with Crippen molar-refractivity contribution in [1.82, 2.24) is 0 Å². The third-order valence-electron chi connectivity index (χ3n) is 9.52. The molecular weight excluding hydrogens is 491 g/mol. The predicted molar refractivity (Wildman–Crippen MR) is 129 cm³/mol. The van der Waals surface area contributed by atoms with Crippen molar-refractivity contribution in [2.24, 2.45) is 17.3 Å². The summed E-state index contributed by atoms with van der Waals surface area (Å²) in [6.07, 6.45) is 0.585. The molecule has 2 N–H and O–H groups in total. The summed E-state index contributed by atoms with van der Waals surface area (Å²) in [5.41, 5.74) is -0.216. The van der Waals surface area contributed by atoms with Gasteiger partial charge in [-0.05, 0) is 78.7 Å². The third kappa shape index (κ3) is 3.85. The summed E-state index contributed by atoms with van der Waals surface area (Å²) in [7, 11) is 0. The van der Waals surface area contributed by atoms with Crippen LogP contribution in [0.15, 0.2) is 53.1 Å². The average molecular weight is 523 g/mol. The molecule has 4 aliphatic carbocycles. The number of carbonyl (C=O) groups excluding carboxylic acids is 1. The lowest BCUT2D eigenvalue weighted by atomic mass is 9.50. The second-order valence-electron chi connectivity index (χ2n) is 11.2. The van der Waals surface area contributed by atoms with Crippen molar-refractivity contribution in [3.05, 3.63) is 64.3 Å². The highest BCUT2D eigenvalue weighted by atomic mass is 19.4. The van der Waals surface area contributed by atoms with Gasteiger partial charge in [-0.2, -0.15) is 22.0 Å². The number of fused-ring (bicyclic) bond motifs is 4. The van der Waals surface area contributed by atoms with Crippen molar-refractivity contribution >= 4 is 11.9 Å². The van der Waals surface area contributed by atoms with Crippen LogP contribution in [-0.4, -0.2) is 40.3 Å². The maximum Gasteiger partial charge on any atom is 0.456 e. The fraction of sp³-hybridized carbons (Fsp3) is 0.552. The molecule has 0 amide bonds. The van der Waals surface area contributed by atoms with E-state index in [1.165, 1.54) is 6.92 Å². The zero-order valence-electron chi connectivity index (χ0n) is 20.6. The lowest BCUT2D eigenvalue weighted by Crippen LogP contribution is -2.65. The normalized spacial score (nSPS) is 34.3. The molecule has 0 bridgehead atoms. The molecule has 1 aromatic rings. The molecule has 1 aromatic carbocycles. The molecule has 0 unspecified atom stereocenters. The summed E-state index contributed by atoms with van der Waals surface area (Å²) in [5, 5.41) is 20.3. The van der Waals surface area contributed by atoms with Gasteiger partial charge in [0.1, 0.15) is 5.60 Å². The molecule has 37 heavy (non-hydrogen) atoms. The van der Waals surface area contributed by atoms with Crippen LogP contribution in [0.1, 0.15) is 68.9 Å². The zero-order valence-corrected chi connectivity index (χ0v) is 20.6. The highest BCUT2D eigenvalue weighted by Gasteiger charge is 2.79. The molecule has 200 valence electrons. The van der Waals surface area contributed by atoms with Gasteiger partial charge in [-0.1, -0.05) is 48.9 Å². The lowest BCUT2D eigenvalue weighted by Gasteiger charge is -2.56. The first kappa shape index (κ1) is 26.3. The smallest absolute Gasteiger partial charge is 0.392 e. The minimum atomic E-state index is -5.86. The van der Waals surface area contributed by atoms with Crippen LogP contribution in [0.2, 0.25) is 0 Å². The van der Waals surface area contributed by atoms with Gasteiger partial charge in [0.2, 0.25) is 0 Å². The van der Waals surface area contributed by atoms with Crippen molar-refractivity contribution in [1.29, 1.82) is 0 Å². The topological polar surface area (TPSA) is 57.5 Å². The number of alkyl halides is 5. The van der Waals surface area contributed by atoms with Crippen LogP contribution in [0.5, 0.6) is 0 Å². The second-order valence-corrected chi connectivity index (χ2v) is 11.2. The molecule has 2 saturated carbocycles. The number of hydrogen-bond acceptors (Lipinski definition) is 3. The number of rotatable bonds is 4. The zero-order chi connectivity index (χ0) is 26.8. The van der Waals surface area contributed by atoms with Crippen LogP contribution in [0.25, 0.3) is 6.08 Å². The van der Waals surface area contributed by atoms with Crippen LogP contribution in [0.3, 0.4) is 0 Å². The molecule has 0 radical (unpaired) electrons. The number of allylic oxidation sites excluding steroid dienone is 4. The quantitative estimate of drug-likeness (QED) is 0.443. The first-order valence-electron chi connectivity index (χ1n) is 12.8. The highest BCUT2D eigenvalue weighted by Crippen LogP contribution is 2.70. The number of benzene rings is 1. The van der Waals surface area contributed by atoms with E-state index in [-0.39, 0.29) is 31.1 Å². The van der Waals surface area contributed by atoms with Gasteiger partial charge in [-0.15, -0.1) is 0 Å². The molecule has 0 spiro atoms. The molecular formula is C29H31F5O3. The van der Waals surface area contributed by atoms with E-state index in [1.807, 2.05) is 24.3 Å². The van der Waals surface area contributed by atoms with Gasteiger partial charge in [-0.25, -0.2) is 0 Å². The highest BCUT2D eigenvalue weighted by molar-refractivity contribution is 5.93. The molecule has 8 heteroatoms. The average Bonchev–Trinajstić information content (AvgIpc) is 3.13. The van der Waals surface area contributed by atoms with E-state index < -0.39 is 41.4 Å². The summed E-state index contributed by atoms with van der Waals surface area (Å²) in [6.45, 7) is 1.30. The Morgan fingerprint density at radius 3 is 2.41 bits per heavy atom. The number of hydrogen-bond donors (Lipinski definition) is 2. The van der Waals surface area contributed by atoms with E-state index in [0.29, 0.717) is 25.7 Å². The van der Waals surface area contributed by atoms with E-state index in [1.54, 1.807) is 18.2 Å². The Kier molecular flexibility index (Phi) is 6.30. The van der Waals surface area contributed by atoms with Gasteiger partial charge in [0, 0.05) is 17.8 Å².